The largest absolute Gasteiger partial charge is 0.464 e. The van der Waals surface area contributed by atoms with Gasteiger partial charge in [0.25, 0.3) is 11.8 Å². The predicted molar refractivity (Wildman–Crippen MR) is 75.8 cm³/mol. The number of imide groups is 1. The first-order chi connectivity index (χ1) is 9.61. The molecule has 1 aromatic rings. The third-order valence-corrected chi connectivity index (χ3v) is 3.54. The van der Waals surface area contributed by atoms with Gasteiger partial charge in [0, 0.05) is 5.33 Å². The molecule has 0 aromatic heterocycles. The molecule has 0 saturated carbocycles. The van der Waals surface area contributed by atoms with Crippen LogP contribution in [0.25, 0.3) is 0 Å². The summed E-state index contributed by atoms with van der Waals surface area (Å²) in [6, 6.07) is 5.67. The van der Waals surface area contributed by atoms with Crippen molar-refractivity contribution in [3.05, 3.63) is 35.4 Å². The minimum Gasteiger partial charge on any atom is -0.464 e. The van der Waals surface area contributed by atoms with Gasteiger partial charge in [-0.2, -0.15) is 0 Å². The Labute approximate surface area is 125 Å². The maximum atomic E-state index is 12.3. The smallest absolute Gasteiger partial charge is 0.329 e. The average Bonchev–Trinajstić information content (AvgIpc) is 2.70. The molecule has 0 radical (unpaired) electrons. The molecule has 1 aliphatic rings. The molecule has 2 rings (SSSR count). The van der Waals surface area contributed by atoms with E-state index in [1.165, 1.54) is 0 Å². The highest BCUT2D eigenvalue weighted by molar-refractivity contribution is 9.09. The summed E-state index contributed by atoms with van der Waals surface area (Å²) >= 11 is 3.23. The summed E-state index contributed by atoms with van der Waals surface area (Å²) in [4.78, 5) is 37.6. The monoisotopic (exact) mass is 339 g/mol. The number of hydrogen-bond donors (Lipinski definition) is 0. The molecule has 0 N–H and O–H groups in total. The Morgan fingerprint density at radius 2 is 1.80 bits per heavy atom. The summed E-state index contributed by atoms with van der Waals surface area (Å²) in [6.45, 7) is 1.90. The molecule has 0 aliphatic carbocycles. The van der Waals surface area contributed by atoms with Crippen molar-refractivity contribution in [1.82, 2.24) is 4.90 Å². The fraction of sp³-hybridized carbons (Fsp3) is 0.357. The number of ether oxygens (including phenoxy) is 1. The van der Waals surface area contributed by atoms with E-state index in [9.17, 15) is 14.4 Å². The van der Waals surface area contributed by atoms with Crippen molar-refractivity contribution in [2.24, 2.45) is 0 Å². The van der Waals surface area contributed by atoms with Crippen molar-refractivity contribution < 1.29 is 19.1 Å². The van der Waals surface area contributed by atoms with Crippen molar-refractivity contribution >= 4 is 33.7 Å². The van der Waals surface area contributed by atoms with Crippen LogP contribution < -0.4 is 0 Å². The van der Waals surface area contributed by atoms with Crippen LogP contribution in [0.4, 0.5) is 0 Å². The predicted octanol–water partition coefficient (Wildman–Crippen LogP) is 2.00. The van der Waals surface area contributed by atoms with E-state index in [0.717, 1.165) is 4.90 Å². The molecular formula is C14H14BrNO4. The van der Waals surface area contributed by atoms with Gasteiger partial charge < -0.3 is 4.74 Å². The summed E-state index contributed by atoms with van der Waals surface area (Å²) in [5, 5.41) is 0.490. The Balaban J connectivity index is 2.34. The highest BCUT2D eigenvalue weighted by atomic mass is 79.9. The van der Waals surface area contributed by atoms with Crippen LogP contribution in [0.1, 0.15) is 34.1 Å². The molecule has 6 heteroatoms. The normalized spacial score (nSPS) is 15.2. The molecular weight excluding hydrogens is 326 g/mol. The zero-order chi connectivity index (χ0) is 14.7. The maximum absolute atomic E-state index is 12.3. The SMILES string of the molecule is CCOC(=O)[C@H](CCBr)N1C(=O)c2ccccc2C1=O. The number of halogens is 1. The number of nitrogens with zero attached hydrogens (tertiary/aromatic N) is 1. The number of hydrogen-bond acceptors (Lipinski definition) is 4. The Hall–Kier alpha value is -1.69. The Morgan fingerprint density at radius 1 is 1.25 bits per heavy atom. The van der Waals surface area contributed by atoms with Gasteiger partial charge in [-0.1, -0.05) is 28.1 Å². The number of rotatable bonds is 5. The first-order valence-electron chi connectivity index (χ1n) is 6.31. The zero-order valence-corrected chi connectivity index (χ0v) is 12.6. The molecule has 0 fully saturated rings. The van der Waals surface area contributed by atoms with Crippen molar-refractivity contribution in [3.63, 3.8) is 0 Å². The first-order valence-corrected chi connectivity index (χ1v) is 7.43. The van der Waals surface area contributed by atoms with Gasteiger partial charge in [-0.05, 0) is 25.5 Å². The van der Waals surface area contributed by atoms with Gasteiger partial charge >= 0.3 is 5.97 Å². The quantitative estimate of drug-likeness (QED) is 0.467. The Kier molecular flexibility index (Phi) is 4.54. The highest BCUT2D eigenvalue weighted by Crippen LogP contribution is 2.26. The van der Waals surface area contributed by atoms with Crippen molar-refractivity contribution in [3.8, 4) is 0 Å². The van der Waals surface area contributed by atoms with Gasteiger partial charge in [-0.3, -0.25) is 14.5 Å². The average molecular weight is 340 g/mol. The van der Waals surface area contributed by atoms with Crippen LogP contribution in [0.2, 0.25) is 0 Å². The molecule has 20 heavy (non-hydrogen) atoms. The number of carbonyl (C=O) groups is 3. The second kappa shape index (κ2) is 6.17. The van der Waals surface area contributed by atoms with Crippen LogP contribution in [0.5, 0.6) is 0 Å². The molecule has 0 spiro atoms. The van der Waals surface area contributed by atoms with E-state index in [4.69, 9.17) is 4.74 Å². The van der Waals surface area contributed by atoms with E-state index in [0.29, 0.717) is 22.9 Å². The number of fused-ring (bicyclic) bond motifs is 1. The lowest BCUT2D eigenvalue weighted by Gasteiger charge is -2.23. The standard InChI is InChI=1S/C14H14BrNO4/c1-2-20-14(19)11(7-8-15)16-12(17)9-5-3-4-6-10(9)13(16)18/h3-6,11H,2,7-8H2,1H3/t11-/m0/s1. The second-order valence-electron chi connectivity index (χ2n) is 4.27. The third kappa shape index (κ3) is 2.47. The van der Waals surface area contributed by atoms with Crippen LogP contribution in [0, 0.1) is 0 Å². The molecule has 0 bridgehead atoms. The number of esters is 1. The van der Waals surface area contributed by atoms with E-state index < -0.39 is 23.8 Å². The number of alkyl halides is 1. The Morgan fingerprint density at radius 3 is 2.25 bits per heavy atom. The van der Waals surface area contributed by atoms with E-state index in [1.807, 2.05) is 0 Å². The molecule has 1 aliphatic heterocycles. The molecule has 0 unspecified atom stereocenters. The van der Waals surface area contributed by atoms with Crippen LogP contribution in [-0.4, -0.2) is 40.7 Å². The molecule has 1 aromatic carbocycles. The van der Waals surface area contributed by atoms with Crippen molar-refractivity contribution in [2.45, 2.75) is 19.4 Å². The maximum Gasteiger partial charge on any atom is 0.329 e. The van der Waals surface area contributed by atoms with Gasteiger partial charge in [0.05, 0.1) is 17.7 Å². The number of benzene rings is 1. The molecule has 106 valence electrons. The van der Waals surface area contributed by atoms with E-state index in [1.54, 1.807) is 31.2 Å². The lowest BCUT2D eigenvalue weighted by Crippen LogP contribution is -2.46. The van der Waals surface area contributed by atoms with E-state index >= 15 is 0 Å². The number of amides is 2. The van der Waals surface area contributed by atoms with E-state index in [-0.39, 0.29) is 6.61 Å². The van der Waals surface area contributed by atoms with Gasteiger partial charge in [0.15, 0.2) is 0 Å². The topological polar surface area (TPSA) is 63.7 Å². The lowest BCUT2D eigenvalue weighted by molar-refractivity contribution is -0.147. The van der Waals surface area contributed by atoms with Crippen LogP contribution >= 0.6 is 15.9 Å². The Bertz CT molecular complexity index is 523. The zero-order valence-electron chi connectivity index (χ0n) is 11.0. The molecule has 1 atom stereocenters. The fourth-order valence-electron chi connectivity index (χ4n) is 2.19. The van der Waals surface area contributed by atoms with Gasteiger partial charge in [-0.15, -0.1) is 0 Å². The summed E-state index contributed by atoms with van der Waals surface area (Å²) in [5.41, 5.74) is 0.669. The van der Waals surface area contributed by atoms with Crippen LogP contribution in [0.3, 0.4) is 0 Å². The van der Waals surface area contributed by atoms with Crippen molar-refractivity contribution in [1.29, 1.82) is 0 Å². The highest BCUT2D eigenvalue weighted by Gasteiger charge is 2.42. The third-order valence-electron chi connectivity index (χ3n) is 3.08. The van der Waals surface area contributed by atoms with E-state index in [2.05, 4.69) is 15.9 Å². The summed E-state index contributed by atoms with van der Waals surface area (Å²) in [5.74, 6) is -1.43. The molecule has 1 heterocycles. The van der Waals surface area contributed by atoms with Crippen molar-refractivity contribution in [2.75, 3.05) is 11.9 Å². The molecule has 2 amide bonds. The fourth-order valence-corrected chi connectivity index (χ4v) is 2.62. The lowest BCUT2D eigenvalue weighted by atomic mass is 10.1. The summed E-state index contributed by atoms with van der Waals surface area (Å²) < 4.78 is 4.96. The molecule has 5 nitrogen and oxygen atoms in total. The minimum absolute atomic E-state index is 0.209. The summed E-state index contributed by atoms with van der Waals surface area (Å²) in [6.07, 6.45) is 0.324. The van der Waals surface area contributed by atoms with Crippen LogP contribution in [-0.2, 0) is 9.53 Å². The molecule has 0 saturated heterocycles. The van der Waals surface area contributed by atoms with Gasteiger partial charge in [-0.25, -0.2) is 4.79 Å². The summed E-state index contributed by atoms with van der Waals surface area (Å²) in [7, 11) is 0. The second-order valence-corrected chi connectivity index (χ2v) is 5.06. The van der Waals surface area contributed by atoms with Gasteiger partial charge in [0.2, 0.25) is 0 Å². The first kappa shape index (κ1) is 14.7. The minimum atomic E-state index is -0.887. The van der Waals surface area contributed by atoms with Gasteiger partial charge in [0.1, 0.15) is 6.04 Å². The van der Waals surface area contributed by atoms with Crippen LogP contribution in [0.15, 0.2) is 24.3 Å². The number of carbonyl (C=O) groups excluding carboxylic acids is 3.